The zero-order valence-electron chi connectivity index (χ0n) is 20.1. The first-order chi connectivity index (χ1) is 14.8. The molecule has 224 valence electrons. The van der Waals surface area contributed by atoms with Crippen molar-refractivity contribution >= 4 is 80.2 Å². The second kappa shape index (κ2) is 16.5. The van der Waals surface area contributed by atoms with E-state index in [1.54, 1.807) is 0 Å². The van der Waals surface area contributed by atoms with E-state index in [0.29, 0.717) is 50.0 Å². The summed E-state index contributed by atoms with van der Waals surface area (Å²) in [5.41, 5.74) is 0. The Morgan fingerprint density at radius 3 is 0.297 bits per heavy atom. The second-order valence-corrected chi connectivity index (χ2v) is 20.3. The van der Waals surface area contributed by atoms with E-state index in [2.05, 4.69) is 16.5 Å². The summed E-state index contributed by atoms with van der Waals surface area (Å²) in [6.07, 6.45) is 5.73. The summed E-state index contributed by atoms with van der Waals surface area (Å²) in [5.74, 6) is 0. The molecule has 0 radical (unpaired) electrons. The fraction of sp³-hybridized carbons (Fsp3) is 1.00. The van der Waals surface area contributed by atoms with Gasteiger partial charge in [0.1, 0.15) is 0 Å². The largest absolute Gasteiger partial charge is 4.00 e. The smallest absolute Gasteiger partial charge is 0.437 e. The number of rotatable bonds is 8. The minimum Gasteiger partial charge on any atom is -0.437 e. The number of hydrogen-bond donors (Lipinski definition) is 0. The Balaban J connectivity index is -0.000000122. The van der Waals surface area contributed by atoms with Crippen LogP contribution < -0.4 is 0 Å². The average Bonchev–Trinajstić information content (AvgIpc) is 2.19. The molecule has 0 saturated heterocycles. The quantitative estimate of drug-likeness (QED) is 0.221. The Morgan fingerprint density at radius 2 is 0.297 bits per heavy atom. The summed E-state index contributed by atoms with van der Waals surface area (Å²) in [5, 5.41) is 0. The Bertz CT molecular complexity index is 1220. The summed E-state index contributed by atoms with van der Waals surface area (Å²) >= 11 is 0. The van der Waals surface area contributed by atoms with Gasteiger partial charge in [0.15, 0.2) is 0 Å². The first-order valence-corrected chi connectivity index (χ1v) is 22.2. The van der Waals surface area contributed by atoms with Crippen LogP contribution in [0.2, 0.25) is 0 Å². The third-order valence-corrected chi connectivity index (χ3v) is 9.75. The fourth-order valence-electron chi connectivity index (χ4n) is 0.984. The SMILES string of the molecule is CS(=O)(=O)[N-]S(C)(=O)=O.CS(=O)(=O)[N-]S(C)(=O)=O.CS(=O)(=O)[N-]S(C)(=O)=O.CS(=O)(=O)[N-]S(C)(=O)=O.[Hf+4]. The third-order valence-electron chi connectivity index (χ3n) is 1.08. The molecule has 0 atom stereocenters. The number of sulfonamides is 8. The predicted octanol–water partition coefficient (Wildman–Crippen LogP) is -2.89. The van der Waals surface area contributed by atoms with Crippen molar-refractivity contribution in [2.24, 2.45) is 0 Å². The van der Waals surface area contributed by atoms with E-state index in [9.17, 15) is 67.3 Å². The van der Waals surface area contributed by atoms with Crippen LogP contribution in [0, 0.1) is 0 Å². The molecule has 0 heterocycles. The van der Waals surface area contributed by atoms with Crippen LogP contribution in [0.15, 0.2) is 0 Å². The Hall–Kier alpha value is 0.310. The Kier molecular flexibility index (Phi) is 21.1. The van der Waals surface area contributed by atoms with Gasteiger partial charge in [0.25, 0.3) is 0 Å². The van der Waals surface area contributed by atoms with Crippen molar-refractivity contribution < 1.29 is 93.2 Å². The van der Waals surface area contributed by atoms with Crippen molar-refractivity contribution in [2.75, 3.05) is 50.0 Å². The Labute approximate surface area is 238 Å². The van der Waals surface area contributed by atoms with E-state index in [1.165, 1.54) is 0 Å². The van der Waals surface area contributed by atoms with Crippen LogP contribution in [0.25, 0.3) is 16.5 Å². The van der Waals surface area contributed by atoms with Crippen LogP contribution in [-0.2, 0) is 106 Å². The first-order valence-electron chi connectivity index (χ1n) is 7.39. The zero-order chi connectivity index (χ0) is 30.8. The molecular formula is C8H24HfN4O16S8. The minimum atomic E-state index is -3.74. The summed E-state index contributed by atoms with van der Waals surface area (Å²) < 4.78 is 172. The van der Waals surface area contributed by atoms with Gasteiger partial charge in [-0.05, 0) is 0 Å². The maximum absolute atomic E-state index is 10.1. The zero-order valence-corrected chi connectivity index (χ0v) is 30.2. The fourth-order valence-corrected chi connectivity index (χ4v) is 8.85. The van der Waals surface area contributed by atoms with E-state index in [4.69, 9.17) is 0 Å². The van der Waals surface area contributed by atoms with Crippen molar-refractivity contribution in [2.45, 2.75) is 0 Å². The van der Waals surface area contributed by atoms with Gasteiger partial charge in [-0.3, -0.25) is 0 Å². The van der Waals surface area contributed by atoms with Gasteiger partial charge in [-0.2, -0.15) is 0 Å². The molecule has 0 bridgehead atoms. The summed E-state index contributed by atoms with van der Waals surface area (Å²) in [6, 6.07) is 0. The van der Waals surface area contributed by atoms with Gasteiger partial charge < -0.3 is 16.5 Å². The van der Waals surface area contributed by atoms with Crippen LogP contribution >= 0.6 is 0 Å². The number of hydrogen-bond acceptors (Lipinski definition) is 16. The van der Waals surface area contributed by atoms with Crippen LogP contribution in [0.3, 0.4) is 0 Å². The van der Waals surface area contributed by atoms with E-state index >= 15 is 0 Å². The molecule has 37 heavy (non-hydrogen) atoms. The van der Waals surface area contributed by atoms with Gasteiger partial charge in [-0.25, -0.2) is 67.3 Å². The second-order valence-electron chi connectivity index (χ2n) is 6.16. The molecule has 0 amide bonds. The summed E-state index contributed by atoms with van der Waals surface area (Å²) in [6.45, 7) is 0. The van der Waals surface area contributed by atoms with Crippen molar-refractivity contribution in [1.29, 1.82) is 0 Å². The van der Waals surface area contributed by atoms with Gasteiger partial charge in [-0.1, -0.05) is 0 Å². The van der Waals surface area contributed by atoms with Crippen molar-refractivity contribution in [1.82, 2.24) is 0 Å². The van der Waals surface area contributed by atoms with E-state index in [1.807, 2.05) is 0 Å². The maximum atomic E-state index is 10.1. The molecule has 0 rings (SSSR count). The maximum Gasteiger partial charge on any atom is 4.00 e. The van der Waals surface area contributed by atoms with Gasteiger partial charge in [0.2, 0.25) is 0 Å². The molecule has 0 aromatic carbocycles. The molecular weight excluding hydrogens is 843 g/mol. The van der Waals surface area contributed by atoms with Crippen molar-refractivity contribution in [3.8, 4) is 0 Å². The van der Waals surface area contributed by atoms with Gasteiger partial charge in [0.05, 0.1) is 80.2 Å². The number of nitrogens with zero attached hydrogens (tertiary/aromatic N) is 4. The van der Waals surface area contributed by atoms with Crippen molar-refractivity contribution in [3.05, 3.63) is 16.5 Å². The van der Waals surface area contributed by atoms with Crippen LogP contribution in [0.4, 0.5) is 0 Å². The van der Waals surface area contributed by atoms with Gasteiger partial charge >= 0.3 is 25.8 Å². The van der Waals surface area contributed by atoms with Crippen molar-refractivity contribution in [3.63, 3.8) is 0 Å². The molecule has 20 nitrogen and oxygen atoms in total. The average molecular weight is 867 g/mol. The molecule has 0 aliphatic rings. The molecule has 0 aliphatic heterocycles. The van der Waals surface area contributed by atoms with Gasteiger partial charge in [0, 0.05) is 50.0 Å². The summed E-state index contributed by atoms with van der Waals surface area (Å²) in [4.78, 5) is 0. The molecule has 0 aliphatic carbocycles. The molecule has 0 saturated carbocycles. The third kappa shape index (κ3) is 72.3. The predicted molar refractivity (Wildman–Crippen MR) is 132 cm³/mol. The molecule has 0 aromatic heterocycles. The molecule has 0 spiro atoms. The first kappa shape index (κ1) is 47.1. The standard InChI is InChI=1S/4C2H6NO4S2.Hf/c4*1-8(4,5)3-9(2,6)7;/h4*1-2H3;/q4*-1;+4. The van der Waals surface area contributed by atoms with Crippen LogP contribution in [-0.4, -0.2) is 117 Å². The monoisotopic (exact) mass is 868 g/mol. The van der Waals surface area contributed by atoms with Crippen LogP contribution in [0.5, 0.6) is 0 Å². The molecule has 29 heteroatoms. The van der Waals surface area contributed by atoms with Crippen LogP contribution in [0.1, 0.15) is 0 Å². The Morgan fingerprint density at radius 1 is 0.243 bits per heavy atom. The molecule has 0 unspecified atom stereocenters. The van der Waals surface area contributed by atoms with E-state index in [-0.39, 0.29) is 25.8 Å². The molecule has 0 aromatic rings. The molecule has 0 fully saturated rings. The minimum absolute atomic E-state index is 0. The topological polar surface area (TPSA) is 330 Å². The summed E-state index contributed by atoms with van der Waals surface area (Å²) in [7, 11) is -30.0. The normalized spacial score (nSPS) is 13.2. The molecule has 0 N–H and O–H groups in total. The van der Waals surface area contributed by atoms with E-state index in [0.717, 1.165) is 0 Å². The van der Waals surface area contributed by atoms with E-state index < -0.39 is 80.2 Å². The van der Waals surface area contributed by atoms with Gasteiger partial charge in [-0.15, -0.1) is 0 Å².